The lowest BCUT2D eigenvalue weighted by Crippen LogP contribution is -2.36. The molecule has 3 aromatic rings. The molecule has 0 atom stereocenters. The number of esters is 1. The van der Waals surface area contributed by atoms with E-state index in [9.17, 15) is 18.8 Å². The third-order valence-electron chi connectivity index (χ3n) is 6.07. The first kappa shape index (κ1) is 26.2. The smallest absolute Gasteiger partial charge is 0.337 e. The first-order valence-electron chi connectivity index (χ1n) is 11.7. The van der Waals surface area contributed by atoms with Gasteiger partial charge < -0.3 is 20.1 Å². The van der Waals surface area contributed by atoms with Crippen LogP contribution in [0.3, 0.4) is 0 Å². The number of aryl methyl sites for hydroxylation is 2. The molecule has 0 unspecified atom stereocenters. The van der Waals surface area contributed by atoms with Gasteiger partial charge in [0.1, 0.15) is 23.2 Å². The Morgan fingerprint density at radius 2 is 1.86 bits per heavy atom. The summed E-state index contributed by atoms with van der Waals surface area (Å²) in [5.74, 6) is -0.798. The van der Waals surface area contributed by atoms with Crippen LogP contribution in [-0.2, 0) is 17.9 Å². The molecule has 194 valence electrons. The van der Waals surface area contributed by atoms with Gasteiger partial charge in [0, 0.05) is 24.3 Å². The summed E-state index contributed by atoms with van der Waals surface area (Å²) in [4.78, 5) is 37.2. The number of nitrogens with zero attached hydrogens (tertiary/aromatic N) is 1. The van der Waals surface area contributed by atoms with Crippen LogP contribution in [0.1, 0.15) is 45.6 Å². The third-order valence-corrected chi connectivity index (χ3v) is 6.42. The number of ether oxygens (including phenoxy) is 2. The van der Waals surface area contributed by atoms with Gasteiger partial charge >= 0.3 is 12.0 Å². The predicted octanol–water partition coefficient (Wildman–Crippen LogP) is 4.57. The van der Waals surface area contributed by atoms with E-state index in [0.29, 0.717) is 28.1 Å². The molecule has 0 radical (unpaired) electrons. The summed E-state index contributed by atoms with van der Waals surface area (Å²) >= 11 is 6.42. The van der Waals surface area contributed by atoms with Crippen LogP contribution in [0.5, 0.6) is 5.75 Å². The van der Waals surface area contributed by atoms with E-state index in [2.05, 4.69) is 10.6 Å². The highest BCUT2D eigenvalue weighted by molar-refractivity contribution is 6.31. The number of carbonyl (C=O) groups excluding carboxylic acids is 2. The largest absolute Gasteiger partial charge is 0.487 e. The van der Waals surface area contributed by atoms with Crippen LogP contribution in [-0.4, -0.2) is 29.7 Å². The maximum absolute atomic E-state index is 13.9. The molecule has 1 heterocycles. The van der Waals surface area contributed by atoms with Crippen molar-refractivity contribution >= 4 is 23.6 Å². The Hall–Kier alpha value is -3.85. The third kappa shape index (κ3) is 6.11. The molecular formula is C27H27ClFN3O5. The molecule has 37 heavy (non-hydrogen) atoms. The fourth-order valence-electron chi connectivity index (χ4n) is 3.88. The Bertz CT molecular complexity index is 1420. The number of pyridine rings is 1. The van der Waals surface area contributed by atoms with Crippen LogP contribution < -0.4 is 20.9 Å². The van der Waals surface area contributed by atoms with Gasteiger partial charge in [-0.25, -0.2) is 14.0 Å². The van der Waals surface area contributed by atoms with Crippen molar-refractivity contribution in [2.45, 2.75) is 45.9 Å². The Morgan fingerprint density at radius 1 is 1.11 bits per heavy atom. The second kappa shape index (κ2) is 11.0. The van der Waals surface area contributed by atoms with E-state index >= 15 is 0 Å². The van der Waals surface area contributed by atoms with Crippen LogP contribution in [0, 0.1) is 19.7 Å². The van der Waals surface area contributed by atoms with Gasteiger partial charge in [0.05, 0.1) is 18.4 Å². The van der Waals surface area contributed by atoms with Gasteiger partial charge in [-0.15, -0.1) is 0 Å². The molecule has 1 saturated carbocycles. The van der Waals surface area contributed by atoms with E-state index in [1.807, 2.05) is 6.92 Å². The summed E-state index contributed by atoms with van der Waals surface area (Å²) in [7, 11) is 1.29. The molecule has 0 aliphatic heterocycles. The molecule has 1 aliphatic carbocycles. The zero-order valence-electron chi connectivity index (χ0n) is 20.7. The molecule has 2 aromatic carbocycles. The van der Waals surface area contributed by atoms with Crippen molar-refractivity contribution in [1.29, 1.82) is 0 Å². The first-order valence-corrected chi connectivity index (χ1v) is 12.1. The lowest BCUT2D eigenvalue weighted by Gasteiger charge is -2.17. The zero-order valence-corrected chi connectivity index (χ0v) is 21.4. The van der Waals surface area contributed by atoms with Gasteiger partial charge in [-0.2, -0.15) is 0 Å². The Kier molecular flexibility index (Phi) is 7.83. The second-order valence-electron chi connectivity index (χ2n) is 8.90. The average Bonchev–Trinajstić information content (AvgIpc) is 3.69. The summed E-state index contributed by atoms with van der Waals surface area (Å²) in [6.45, 7) is 3.65. The van der Waals surface area contributed by atoms with Crippen molar-refractivity contribution in [2.75, 3.05) is 7.11 Å². The molecule has 1 aromatic heterocycles. The highest BCUT2D eigenvalue weighted by Gasteiger charge is 2.23. The molecule has 0 saturated heterocycles. The van der Waals surface area contributed by atoms with Gasteiger partial charge in [0.15, 0.2) is 0 Å². The van der Waals surface area contributed by atoms with E-state index in [-0.39, 0.29) is 36.0 Å². The van der Waals surface area contributed by atoms with E-state index in [1.54, 1.807) is 37.3 Å². The quantitative estimate of drug-likeness (QED) is 0.418. The molecule has 0 spiro atoms. The van der Waals surface area contributed by atoms with Crippen molar-refractivity contribution in [2.24, 2.45) is 0 Å². The summed E-state index contributed by atoms with van der Waals surface area (Å²) in [5, 5.41) is 5.41. The van der Waals surface area contributed by atoms with Crippen LogP contribution in [0.25, 0.3) is 5.69 Å². The average molecular weight is 528 g/mol. The Balaban J connectivity index is 1.56. The second-order valence-corrected chi connectivity index (χ2v) is 9.28. The molecule has 4 rings (SSSR count). The van der Waals surface area contributed by atoms with Gasteiger partial charge in [0.2, 0.25) is 0 Å². The van der Waals surface area contributed by atoms with Gasteiger partial charge in [-0.3, -0.25) is 9.36 Å². The number of amides is 2. The summed E-state index contributed by atoms with van der Waals surface area (Å²) in [6.07, 6.45) is 1.92. The number of benzene rings is 2. The topological polar surface area (TPSA) is 98.7 Å². The molecule has 2 N–H and O–H groups in total. The minimum absolute atomic E-state index is 0.000996. The highest BCUT2D eigenvalue weighted by Crippen LogP contribution is 2.27. The SMILES string of the molecule is COC(=O)c1ccc(C)c(-n2c(C)cc(OCc3ccc(F)cc3CNC(=O)NC3CC3)c(Cl)c2=O)c1. The number of methoxy groups -OCH3 is 1. The number of rotatable bonds is 8. The van der Waals surface area contributed by atoms with Crippen molar-refractivity contribution < 1.29 is 23.5 Å². The molecule has 1 fully saturated rings. The molecule has 2 amide bonds. The van der Waals surface area contributed by atoms with Gasteiger partial charge in [-0.1, -0.05) is 23.7 Å². The number of carbonyl (C=O) groups is 2. The number of hydrogen-bond donors (Lipinski definition) is 2. The maximum Gasteiger partial charge on any atom is 0.337 e. The number of aromatic nitrogens is 1. The zero-order chi connectivity index (χ0) is 26.7. The lowest BCUT2D eigenvalue weighted by atomic mass is 10.1. The molecule has 8 nitrogen and oxygen atoms in total. The summed E-state index contributed by atoms with van der Waals surface area (Å²) in [5.41, 5.74) is 2.75. The normalized spacial score (nSPS) is 12.7. The monoisotopic (exact) mass is 527 g/mol. The van der Waals surface area contributed by atoms with E-state index in [0.717, 1.165) is 18.4 Å². The predicted molar refractivity (Wildman–Crippen MR) is 137 cm³/mol. The highest BCUT2D eigenvalue weighted by atomic mass is 35.5. The Morgan fingerprint density at radius 3 is 2.57 bits per heavy atom. The van der Waals surface area contributed by atoms with Crippen LogP contribution >= 0.6 is 11.6 Å². The lowest BCUT2D eigenvalue weighted by molar-refractivity contribution is 0.0600. The number of urea groups is 1. The fraction of sp³-hybridized carbons (Fsp3) is 0.296. The van der Waals surface area contributed by atoms with Crippen molar-refractivity contribution in [3.05, 3.63) is 91.6 Å². The van der Waals surface area contributed by atoms with Crippen LogP contribution in [0.15, 0.2) is 47.3 Å². The summed E-state index contributed by atoms with van der Waals surface area (Å²) in [6, 6.07) is 10.6. The first-order chi connectivity index (χ1) is 17.7. The van der Waals surface area contributed by atoms with E-state index in [1.165, 1.54) is 23.8 Å². The molecule has 0 bridgehead atoms. The number of nitrogens with one attached hydrogen (secondary N) is 2. The number of hydrogen-bond acceptors (Lipinski definition) is 5. The van der Waals surface area contributed by atoms with Crippen molar-refractivity contribution in [1.82, 2.24) is 15.2 Å². The van der Waals surface area contributed by atoms with Gasteiger partial charge in [0.25, 0.3) is 5.56 Å². The molecule has 1 aliphatic rings. The van der Waals surface area contributed by atoms with Crippen molar-refractivity contribution in [3.63, 3.8) is 0 Å². The Labute approximate surface area is 218 Å². The van der Waals surface area contributed by atoms with Crippen LogP contribution in [0.4, 0.5) is 9.18 Å². The maximum atomic E-state index is 13.9. The summed E-state index contributed by atoms with van der Waals surface area (Å²) < 4.78 is 26.0. The van der Waals surface area contributed by atoms with E-state index in [4.69, 9.17) is 21.1 Å². The molecule has 10 heteroatoms. The minimum Gasteiger partial charge on any atom is -0.487 e. The molecular weight excluding hydrogens is 501 g/mol. The van der Waals surface area contributed by atoms with E-state index < -0.39 is 17.3 Å². The standard InChI is InChI=1S/C27H27ClFN3O5/c1-15-4-5-17(26(34)36-3)12-22(15)32-16(2)10-23(24(28)25(32)33)37-14-18-6-7-20(29)11-19(18)13-30-27(35)31-21-8-9-21/h4-7,10-12,21H,8-9,13-14H2,1-3H3,(H2,30,31,35). The minimum atomic E-state index is -0.521. The number of halogens is 2. The van der Waals surface area contributed by atoms with Gasteiger partial charge in [-0.05, 0) is 67.6 Å². The van der Waals surface area contributed by atoms with Crippen LogP contribution in [0.2, 0.25) is 5.02 Å². The van der Waals surface area contributed by atoms with Crippen molar-refractivity contribution in [3.8, 4) is 11.4 Å². The fourth-order valence-corrected chi connectivity index (χ4v) is 4.07.